The van der Waals surface area contributed by atoms with Gasteiger partial charge in [0.2, 0.25) is 6.29 Å². The van der Waals surface area contributed by atoms with Gasteiger partial charge in [-0.1, -0.05) is 11.6 Å². The molecule has 1 aliphatic heterocycles. The summed E-state index contributed by atoms with van der Waals surface area (Å²) in [5, 5.41) is 0. The summed E-state index contributed by atoms with van der Waals surface area (Å²) in [5.41, 5.74) is -0.670. The number of rotatable bonds is 2. The lowest BCUT2D eigenvalue weighted by Gasteiger charge is -2.22. The summed E-state index contributed by atoms with van der Waals surface area (Å²) in [6.07, 6.45) is 1.52. The second-order valence-corrected chi connectivity index (χ2v) is 3.44. The van der Waals surface area contributed by atoms with E-state index in [-0.39, 0.29) is 0 Å². The van der Waals surface area contributed by atoms with Gasteiger partial charge in [-0.15, -0.1) is 0 Å². The Bertz CT molecular complexity index is 166. The molecule has 0 aromatic heterocycles. The first kappa shape index (κ1) is 10.6. The molecule has 0 aliphatic carbocycles. The van der Waals surface area contributed by atoms with Crippen LogP contribution < -0.4 is 0 Å². The molecule has 1 heterocycles. The van der Waals surface area contributed by atoms with Gasteiger partial charge in [0.25, 0.3) is 0 Å². The highest BCUT2D eigenvalue weighted by molar-refractivity contribution is 6.19. The van der Waals surface area contributed by atoms with Crippen LogP contribution in [0, 0.1) is 0 Å². The summed E-state index contributed by atoms with van der Waals surface area (Å²) in [6, 6.07) is 0. The van der Waals surface area contributed by atoms with Gasteiger partial charge in [-0.3, -0.25) is 0 Å². The maximum absolute atomic E-state index is 10.9. The van der Waals surface area contributed by atoms with Crippen molar-refractivity contribution in [1.29, 1.82) is 0 Å². The predicted octanol–water partition coefficient (Wildman–Crippen LogP) is 2.25. The third-order valence-corrected chi connectivity index (χ3v) is 1.71. The standard InChI is InChI=1S/C8H13ClO4/c1-6(9)12-8(10)13-7-4-2-3-5-11-7/h6-7H,2-5H2,1H3. The van der Waals surface area contributed by atoms with Crippen LogP contribution in [-0.4, -0.2) is 24.6 Å². The van der Waals surface area contributed by atoms with Gasteiger partial charge in [0, 0.05) is 6.42 Å². The molecule has 2 unspecified atom stereocenters. The van der Waals surface area contributed by atoms with Gasteiger partial charge in [-0.25, -0.2) is 4.79 Å². The Hall–Kier alpha value is -0.480. The third-order valence-electron chi connectivity index (χ3n) is 1.62. The Kier molecular flexibility index (Phi) is 4.32. The molecule has 0 radical (unpaired) electrons. The highest BCUT2D eigenvalue weighted by atomic mass is 35.5. The van der Waals surface area contributed by atoms with Gasteiger partial charge in [0.1, 0.15) is 0 Å². The Morgan fingerprint density at radius 2 is 2.38 bits per heavy atom. The molecule has 0 bridgehead atoms. The SMILES string of the molecule is CC(Cl)OC(=O)OC1CCCCO1. The van der Waals surface area contributed by atoms with E-state index in [2.05, 4.69) is 4.74 Å². The number of carbonyl (C=O) groups is 1. The minimum Gasteiger partial charge on any atom is -0.415 e. The molecule has 0 aromatic carbocycles. The zero-order valence-corrected chi connectivity index (χ0v) is 8.25. The van der Waals surface area contributed by atoms with Crippen molar-refractivity contribution in [2.75, 3.05) is 6.61 Å². The molecule has 0 N–H and O–H groups in total. The van der Waals surface area contributed by atoms with Crippen LogP contribution in [0.1, 0.15) is 26.2 Å². The number of alkyl halides is 1. The number of carbonyl (C=O) groups excluding carboxylic acids is 1. The first-order valence-corrected chi connectivity index (χ1v) is 4.75. The normalized spacial score (nSPS) is 24.9. The van der Waals surface area contributed by atoms with E-state index in [0.717, 1.165) is 19.3 Å². The van der Waals surface area contributed by atoms with Crippen LogP contribution in [-0.2, 0) is 14.2 Å². The lowest BCUT2D eigenvalue weighted by molar-refractivity contribution is -0.142. The molecule has 0 saturated carbocycles. The molecule has 5 heteroatoms. The summed E-state index contributed by atoms with van der Waals surface area (Å²) in [6.45, 7) is 2.18. The van der Waals surface area contributed by atoms with E-state index in [0.29, 0.717) is 6.61 Å². The first-order chi connectivity index (χ1) is 6.18. The summed E-state index contributed by atoms with van der Waals surface area (Å²) in [4.78, 5) is 10.9. The molecule has 0 spiro atoms. The molecule has 0 aromatic rings. The summed E-state index contributed by atoms with van der Waals surface area (Å²) in [5.74, 6) is 0. The molecule has 13 heavy (non-hydrogen) atoms. The Balaban J connectivity index is 2.18. The highest BCUT2D eigenvalue weighted by Gasteiger charge is 2.19. The molecule has 4 nitrogen and oxygen atoms in total. The van der Waals surface area contributed by atoms with E-state index in [1.807, 2.05) is 0 Å². The topological polar surface area (TPSA) is 44.8 Å². The average molecular weight is 209 g/mol. The number of ether oxygens (including phenoxy) is 3. The van der Waals surface area contributed by atoms with E-state index in [1.165, 1.54) is 0 Å². The minimum atomic E-state index is -0.769. The third kappa shape index (κ3) is 4.33. The van der Waals surface area contributed by atoms with E-state index < -0.39 is 18.0 Å². The average Bonchev–Trinajstić information content (AvgIpc) is 2.04. The first-order valence-electron chi connectivity index (χ1n) is 4.31. The maximum Gasteiger partial charge on any atom is 0.512 e. The van der Waals surface area contributed by atoms with Crippen LogP contribution in [0.4, 0.5) is 4.79 Å². The smallest absolute Gasteiger partial charge is 0.415 e. The maximum atomic E-state index is 10.9. The van der Waals surface area contributed by atoms with Crippen molar-refractivity contribution in [3.63, 3.8) is 0 Å². The molecule has 2 atom stereocenters. The number of hydrogen-bond acceptors (Lipinski definition) is 4. The van der Waals surface area contributed by atoms with Crippen LogP contribution in [0.15, 0.2) is 0 Å². The zero-order valence-electron chi connectivity index (χ0n) is 7.49. The Morgan fingerprint density at radius 3 is 2.92 bits per heavy atom. The molecule has 1 rings (SSSR count). The predicted molar refractivity (Wildman–Crippen MR) is 46.5 cm³/mol. The van der Waals surface area contributed by atoms with Gasteiger partial charge in [-0.05, 0) is 19.8 Å². The molecule has 0 amide bonds. The van der Waals surface area contributed by atoms with Gasteiger partial charge in [0.05, 0.1) is 6.61 Å². The van der Waals surface area contributed by atoms with Crippen LogP contribution in [0.2, 0.25) is 0 Å². The molecule has 1 aliphatic rings. The van der Waals surface area contributed by atoms with Crippen LogP contribution in [0.3, 0.4) is 0 Å². The van der Waals surface area contributed by atoms with E-state index in [1.54, 1.807) is 6.92 Å². The lowest BCUT2D eigenvalue weighted by atomic mass is 10.2. The fourth-order valence-corrected chi connectivity index (χ4v) is 1.14. The molecule has 76 valence electrons. The number of halogens is 1. The molecule has 1 saturated heterocycles. The zero-order chi connectivity index (χ0) is 9.68. The Labute approximate surface area is 82.1 Å². The van der Waals surface area contributed by atoms with Crippen LogP contribution >= 0.6 is 11.6 Å². The van der Waals surface area contributed by atoms with Crippen LogP contribution in [0.5, 0.6) is 0 Å². The van der Waals surface area contributed by atoms with Crippen molar-refractivity contribution in [2.24, 2.45) is 0 Å². The Morgan fingerprint density at radius 1 is 1.62 bits per heavy atom. The quantitative estimate of drug-likeness (QED) is 0.516. The van der Waals surface area contributed by atoms with E-state index >= 15 is 0 Å². The summed E-state index contributed by atoms with van der Waals surface area (Å²) in [7, 11) is 0. The van der Waals surface area contributed by atoms with E-state index in [4.69, 9.17) is 21.1 Å². The monoisotopic (exact) mass is 208 g/mol. The van der Waals surface area contributed by atoms with Crippen molar-refractivity contribution in [1.82, 2.24) is 0 Å². The second kappa shape index (κ2) is 5.29. The fraction of sp³-hybridized carbons (Fsp3) is 0.875. The summed E-state index contributed by atoms with van der Waals surface area (Å²) < 4.78 is 14.6. The van der Waals surface area contributed by atoms with Crippen molar-refractivity contribution in [2.45, 2.75) is 38.0 Å². The van der Waals surface area contributed by atoms with Crippen molar-refractivity contribution in [3.8, 4) is 0 Å². The van der Waals surface area contributed by atoms with Crippen LogP contribution in [0.25, 0.3) is 0 Å². The highest BCUT2D eigenvalue weighted by Crippen LogP contribution is 2.14. The molecule has 1 fully saturated rings. The van der Waals surface area contributed by atoms with Gasteiger partial charge in [-0.2, -0.15) is 0 Å². The number of hydrogen-bond donors (Lipinski definition) is 0. The van der Waals surface area contributed by atoms with Gasteiger partial charge < -0.3 is 14.2 Å². The second-order valence-electron chi connectivity index (χ2n) is 2.82. The minimum absolute atomic E-state index is 0.461. The van der Waals surface area contributed by atoms with Gasteiger partial charge >= 0.3 is 6.16 Å². The largest absolute Gasteiger partial charge is 0.512 e. The molecular weight excluding hydrogens is 196 g/mol. The van der Waals surface area contributed by atoms with Crippen molar-refractivity contribution in [3.05, 3.63) is 0 Å². The lowest BCUT2D eigenvalue weighted by Crippen LogP contribution is -2.26. The summed E-state index contributed by atoms with van der Waals surface area (Å²) >= 11 is 5.43. The van der Waals surface area contributed by atoms with Crippen molar-refractivity contribution < 1.29 is 19.0 Å². The molecular formula is C8H13ClO4. The van der Waals surface area contributed by atoms with Crippen molar-refractivity contribution >= 4 is 17.8 Å². The fourth-order valence-electron chi connectivity index (χ4n) is 1.07. The van der Waals surface area contributed by atoms with Gasteiger partial charge in [0.15, 0.2) is 5.56 Å². The van der Waals surface area contributed by atoms with E-state index in [9.17, 15) is 4.79 Å².